The van der Waals surface area contributed by atoms with Crippen molar-refractivity contribution in [2.45, 2.75) is 11.5 Å². The Labute approximate surface area is 163 Å². The van der Waals surface area contributed by atoms with Gasteiger partial charge in [-0.25, -0.2) is 0 Å². The van der Waals surface area contributed by atoms with Crippen molar-refractivity contribution in [2.75, 3.05) is 0 Å². The third-order valence-corrected chi connectivity index (χ3v) is 5.10. The standard InChI is InChI=1S/C23H22N2O3/c24-20(22(27)28)19(21(25)26)23(16-10-4-1-5-11-16,17-12-6-2-7-13-17)18-14-8-3-9-15-18/h1-15,19-20H,24H2,(H2,25,26)(H,27,28)/t19?,20-/m0/s1. The van der Waals surface area contributed by atoms with Gasteiger partial charge in [0.15, 0.2) is 0 Å². The van der Waals surface area contributed by atoms with Gasteiger partial charge in [0.25, 0.3) is 0 Å². The Hall–Kier alpha value is -3.44. The number of rotatable bonds is 7. The maximum Gasteiger partial charge on any atom is 0.321 e. The lowest BCUT2D eigenvalue weighted by molar-refractivity contribution is -0.143. The summed E-state index contributed by atoms with van der Waals surface area (Å²) in [4.78, 5) is 24.5. The molecule has 0 aliphatic heterocycles. The minimum absolute atomic E-state index is 0.743. The summed E-state index contributed by atoms with van der Waals surface area (Å²) < 4.78 is 0. The van der Waals surface area contributed by atoms with Crippen molar-refractivity contribution in [1.82, 2.24) is 0 Å². The van der Waals surface area contributed by atoms with Gasteiger partial charge in [-0.2, -0.15) is 0 Å². The summed E-state index contributed by atoms with van der Waals surface area (Å²) in [7, 11) is 0. The molecule has 0 heterocycles. The van der Waals surface area contributed by atoms with Crippen LogP contribution >= 0.6 is 0 Å². The summed E-state index contributed by atoms with van der Waals surface area (Å²) >= 11 is 0. The molecule has 5 nitrogen and oxygen atoms in total. The molecule has 5 heteroatoms. The molecule has 3 aromatic rings. The molecule has 1 amide bonds. The Balaban J connectivity index is 2.47. The van der Waals surface area contributed by atoms with E-state index in [1.807, 2.05) is 91.0 Å². The quantitative estimate of drug-likeness (QED) is 0.553. The SMILES string of the molecule is NC(=O)C([C@H](N)C(=O)O)C(c1ccccc1)(c1ccccc1)c1ccccc1. The molecular formula is C23H22N2O3. The van der Waals surface area contributed by atoms with Crippen LogP contribution in [-0.4, -0.2) is 23.0 Å². The average Bonchev–Trinajstić information content (AvgIpc) is 2.73. The Morgan fingerprint density at radius 3 is 1.29 bits per heavy atom. The number of benzene rings is 3. The lowest BCUT2D eigenvalue weighted by Gasteiger charge is -2.42. The molecule has 3 aromatic carbocycles. The first-order valence-corrected chi connectivity index (χ1v) is 8.94. The lowest BCUT2D eigenvalue weighted by Crippen LogP contribution is -2.56. The number of amides is 1. The molecule has 0 radical (unpaired) electrons. The summed E-state index contributed by atoms with van der Waals surface area (Å²) in [6.45, 7) is 0. The highest BCUT2D eigenvalue weighted by Crippen LogP contribution is 2.46. The molecule has 0 bridgehead atoms. The number of carboxylic acids is 1. The predicted octanol–water partition coefficient (Wildman–Crippen LogP) is 2.53. The number of carboxylic acid groups (broad SMARTS) is 1. The highest BCUT2D eigenvalue weighted by molar-refractivity contribution is 5.89. The van der Waals surface area contributed by atoms with Gasteiger partial charge in [0, 0.05) is 0 Å². The molecule has 0 saturated carbocycles. The van der Waals surface area contributed by atoms with Gasteiger partial charge in [0.2, 0.25) is 5.91 Å². The third kappa shape index (κ3) is 3.28. The molecular weight excluding hydrogens is 352 g/mol. The minimum Gasteiger partial charge on any atom is -0.480 e. The second-order valence-corrected chi connectivity index (χ2v) is 6.65. The molecule has 5 N–H and O–H groups in total. The summed E-state index contributed by atoms with van der Waals surface area (Å²) in [5, 5.41) is 9.67. The van der Waals surface area contributed by atoms with Gasteiger partial charge in [-0.1, -0.05) is 91.0 Å². The molecule has 3 rings (SSSR count). The first-order valence-electron chi connectivity index (χ1n) is 8.94. The lowest BCUT2D eigenvalue weighted by atomic mass is 9.59. The molecule has 142 valence electrons. The molecule has 2 atom stereocenters. The summed E-state index contributed by atoms with van der Waals surface area (Å²) in [5.41, 5.74) is 12.9. The Kier molecular flexibility index (Phi) is 5.57. The van der Waals surface area contributed by atoms with Crippen LogP contribution in [0, 0.1) is 5.92 Å². The van der Waals surface area contributed by atoms with E-state index in [0.29, 0.717) is 0 Å². The molecule has 0 spiro atoms. The van der Waals surface area contributed by atoms with E-state index in [-0.39, 0.29) is 0 Å². The Bertz CT molecular complexity index is 847. The molecule has 0 aliphatic rings. The number of primary amides is 1. The normalized spacial score (nSPS) is 13.5. The molecule has 0 saturated heterocycles. The highest BCUT2D eigenvalue weighted by atomic mass is 16.4. The monoisotopic (exact) mass is 374 g/mol. The van der Waals surface area contributed by atoms with Crippen molar-refractivity contribution in [1.29, 1.82) is 0 Å². The number of aliphatic carboxylic acids is 1. The van der Waals surface area contributed by atoms with Crippen LogP contribution in [0.15, 0.2) is 91.0 Å². The van der Waals surface area contributed by atoms with Crippen LogP contribution in [0.25, 0.3) is 0 Å². The summed E-state index contributed by atoms with van der Waals surface area (Å²) in [5.74, 6) is -3.26. The van der Waals surface area contributed by atoms with E-state index in [9.17, 15) is 14.7 Å². The van der Waals surface area contributed by atoms with Crippen LogP contribution in [0.5, 0.6) is 0 Å². The topological polar surface area (TPSA) is 106 Å². The zero-order chi connectivity index (χ0) is 20.1. The fraction of sp³-hybridized carbons (Fsp3) is 0.130. The van der Waals surface area contributed by atoms with Gasteiger partial charge < -0.3 is 16.6 Å². The summed E-state index contributed by atoms with van der Waals surface area (Å²) in [6, 6.07) is 26.4. The number of hydrogen-bond donors (Lipinski definition) is 3. The van der Waals surface area contributed by atoms with Gasteiger partial charge in [-0.05, 0) is 16.7 Å². The van der Waals surface area contributed by atoms with E-state index >= 15 is 0 Å². The van der Waals surface area contributed by atoms with Crippen molar-refractivity contribution in [3.63, 3.8) is 0 Å². The molecule has 1 unspecified atom stereocenters. The number of hydrogen-bond acceptors (Lipinski definition) is 3. The second kappa shape index (κ2) is 8.06. The molecule has 0 aromatic heterocycles. The van der Waals surface area contributed by atoms with Crippen LogP contribution in [-0.2, 0) is 15.0 Å². The van der Waals surface area contributed by atoms with E-state index < -0.39 is 29.3 Å². The van der Waals surface area contributed by atoms with Crippen molar-refractivity contribution in [2.24, 2.45) is 17.4 Å². The molecule has 0 fully saturated rings. The van der Waals surface area contributed by atoms with E-state index in [0.717, 1.165) is 16.7 Å². The van der Waals surface area contributed by atoms with Crippen molar-refractivity contribution < 1.29 is 14.7 Å². The van der Waals surface area contributed by atoms with E-state index in [1.165, 1.54) is 0 Å². The largest absolute Gasteiger partial charge is 0.480 e. The van der Waals surface area contributed by atoms with E-state index in [2.05, 4.69) is 0 Å². The van der Waals surface area contributed by atoms with Crippen LogP contribution in [0.1, 0.15) is 16.7 Å². The van der Waals surface area contributed by atoms with Crippen LogP contribution in [0.4, 0.5) is 0 Å². The first kappa shape index (κ1) is 19.3. The summed E-state index contributed by atoms with van der Waals surface area (Å²) in [6.07, 6.45) is 0. The fourth-order valence-corrected chi connectivity index (χ4v) is 3.94. The van der Waals surface area contributed by atoms with Gasteiger partial charge in [-0.15, -0.1) is 0 Å². The van der Waals surface area contributed by atoms with Crippen molar-refractivity contribution >= 4 is 11.9 Å². The van der Waals surface area contributed by atoms with Gasteiger partial charge in [0.1, 0.15) is 6.04 Å². The third-order valence-electron chi connectivity index (χ3n) is 5.10. The second-order valence-electron chi connectivity index (χ2n) is 6.65. The maximum atomic E-state index is 12.7. The first-order chi connectivity index (χ1) is 13.5. The van der Waals surface area contributed by atoms with Crippen LogP contribution < -0.4 is 11.5 Å². The van der Waals surface area contributed by atoms with Crippen molar-refractivity contribution in [3.05, 3.63) is 108 Å². The smallest absolute Gasteiger partial charge is 0.321 e. The Morgan fingerprint density at radius 1 is 0.714 bits per heavy atom. The van der Waals surface area contributed by atoms with Crippen LogP contribution in [0.2, 0.25) is 0 Å². The van der Waals surface area contributed by atoms with Gasteiger partial charge in [0.05, 0.1) is 11.3 Å². The van der Waals surface area contributed by atoms with E-state index in [4.69, 9.17) is 11.5 Å². The zero-order valence-corrected chi connectivity index (χ0v) is 15.2. The highest BCUT2D eigenvalue weighted by Gasteiger charge is 2.51. The number of carbonyl (C=O) groups excluding carboxylic acids is 1. The van der Waals surface area contributed by atoms with Gasteiger partial charge >= 0.3 is 5.97 Å². The zero-order valence-electron chi connectivity index (χ0n) is 15.2. The predicted molar refractivity (Wildman–Crippen MR) is 108 cm³/mol. The van der Waals surface area contributed by atoms with E-state index in [1.54, 1.807) is 0 Å². The average molecular weight is 374 g/mol. The fourth-order valence-electron chi connectivity index (χ4n) is 3.94. The molecule has 28 heavy (non-hydrogen) atoms. The Morgan fingerprint density at radius 2 is 1.04 bits per heavy atom. The van der Waals surface area contributed by atoms with Crippen LogP contribution in [0.3, 0.4) is 0 Å². The maximum absolute atomic E-state index is 12.7. The van der Waals surface area contributed by atoms with Gasteiger partial charge in [-0.3, -0.25) is 9.59 Å². The number of nitrogens with two attached hydrogens (primary N) is 2. The van der Waals surface area contributed by atoms with Crippen molar-refractivity contribution in [3.8, 4) is 0 Å². The minimum atomic E-state index is -1.49. The molecule has 0 aliphatic carbocycles. The number of carbonyl (C=O) groups is 2.